The maximum Gasteiger partial charge on any atom is 0.494 e. The highest BCUT2D eigenvalue weighted by Gasteiger charge is 2.52. The summed E-state index contributed by atoms with van der Waals surface area (Å²) >= 11 is 0. The van der Waals surface area contributed by atoms with Gasteiger partial charge in [0.1, 0.15) is 0 Å². The minimum atomic E-state index is -0.368. The van der Waals surface area contributed by atoms with Crippen molar-refractivity contribution in [1.29, 1.82) is 0 Å². The first kappa shape index (κ1) is 22.6. The summed E-state index contributed by atoms with van der Waals surface area (Å²) in [5.74, 6) is 0. The summed E-state index contributed by atoms with van der Waals surface area (Å²) in [5, 5.41) is 0. The molecule has 6 rings (SSSR count). The van der Waals surface area contributed by atoms with Crippen LogP contribution in [-0.4, -0.2) is 18.3 Å². The summed E-state index contributed by atoms with van der Waals surface area (Å²) in [6.07, 6.45) is 4.45. The largest absolute Gasteiger partial charge is 0.494 e. The summed E-state index contributed by atoms with van der Waals surface area (Å²) in [5.41, 5.74) is 9.50. The summed E-state index contributed by atoms with van der Waals surface area (Å²) < 4.78 is 12.8. The zero-order valence-electron chi connectivity index (χ0n) is 21.7. The van der Waals surface area contributed by atoms with Gasteiger partial charge in [0.25, 0.3) is 0 Å². The quantitative estimate of drug-likeness (QED) is 0.393. The van der Waals surface area contributed by atoms with Crippen LogP contribution < -0.4 is 10.4 Å². The van der Waals surface area contributed by atoms with Crippen molar-refractivity contribution in [3.8, 4) is 0 Å². The number of anilines is 2. The lowest BCUT2D eigenvalue weighted by atomic mass is 9.69. The summed E-state index contributed by atoms with van der Waals surface area (Å²) in [6.45, 7) is 13.1. The van der Waals surface area contributed by atoms with E-state index in [0.717, 1.165) is 18.3 Å². The van der Waals surface area contributed by atoms with Crippen LogP contribution in [-0.2, 0) is 21.1 Å². The molecule has 1 fully saturated rings. The topological polar surface area (TPSA) is 21.7 Å². The van der Waals surface area contributed by atoms with Gasteiger partial charge in [-0.05, 0) is 86.5 Å². The van der Waals surface area contributed by atoms with Gasteiger partial charge in [-0.3, -0.25) is 0 Å². The predicted molar refractivity (Wildman–Crippen MR) is 146 cm³/mol. The molecule has 0 atom stereocenters. The Balaban J connectivity index is 1.50. The molecule has 0 amide bonds. The van der Waals surface area contributed by atoms with Crippen LogP contribution in [0.25, 0.3) is 6.08 Å². The molecular weight excluding hydrogens is 429 g/mol. The molecule has 35 heavy (non-hydrogen) atoms. The fourth-order valence-corrected chi connectivity index (χ4v) is 5.75. The van der Waals surface area contributed by atoms with Gasteiger partial charge in [-0.1, -0.05) is 68.4 Å². The van der Waals surface area contributed by atoms with Gasteiger partial charge < -0.3 is 14.2 Å². The van der Waals surface area contributed by atoms with E-state index in [2.05, 4.69) is 119 Å². The van der Waals surface area contributed by atoms with Crippen molar-refractivity contribution in [1.82, 2.24) is 0 Å². The standard InChI is InChI=1S/C31H34BNO2/c1-29(2)25-13-9-10-14-27(25)33(24-17-15-21-11-7-8-12-22(21)19-24)28-18-16-23(20-26(28)29)32-34-30(3,4)31(5,6)35-32/h7-14,16,18-20H,15,17H2,1-6H3. The zero-order chi connectivity index (χ0) is 24.6. The Kier molecular flexibility index (Phi) is 4.91. The van der Waals surface area contributed by atoms with E-state index < -0.39 is 0 Å². The fraction of sp³-hybridized carbons (Fsp3) is 0.355. The average molecular weight is 463 g/mol. The van der Waals surface area contributed by atoms with Gasteiger partial charge in [0, 0.05) is 22.5 Å². The Bertz CT molecular complexity index is 1340. The second-order valence-electron chi connectivity index (χ2n) is 11.7. The molecule has 2 aliphatic heterocycles. The number of benzene rings is 3. The highest BCUT2D eigenvalue weighted by molar-refractivity contribution is 6.62. The number of hydrogen-bond acceptors (Lipinski definition) is 3. The number of para-hydroxylation sites is 1. The third-order valence-corrected chi connectivity index (χ3v) is 8.59. The summed E-state index contributed by atoms with van der Waals surface area (Å²) in [7, 11) is -0.368. The first-order valence-corrected chi connectivity index (χ1v) is 12.8. The van der Waals surface area contributed by atoms with E-state index in [0.29, 0.717) is 0 Å². The van der Waals surface area contributed by atoms with Crippen molar-refractivity contribution in [2.45, 2.75) is 71.0 Å². The molecule has 0 radical (unpaired) electrons. The lowest BCUT2D eigenvalue weighted by molar-refractivity contribution is 0.00578. The molecule has 2 heterocycles. The van der Waals surface area contributed by atoms with Crippen molar-refractivity contribution >= 4 is 30.0 Å². The van der Waals surface area contributed by atoms with Gasteiger partial charge in [-0.25, -0.2) is 0 Å². The van der Waals surface area contributed by atoms with E-state index in [1.54, 1.807) is 0 Å². The molecule has 1 saturated heterocycles. The summed E-state index contributed by atoms with van der Waals surface area (Å²) in [4.78, 5) is 2.49. The van der Waals surface area contributed by atoms with Crippen molar-refractivity contribution in [2.75, 3.05) is 4.90 Å². The molecular formula is C31H34BNO2. The Morgan fingerprint density at radius 1 is 0.714 bits per heavy atom. The molecule has 0 aromatic heterocycles. The van der Waals surface area contributed by atoms with Crippen LogP contribution in [0.5, 0.6) is 0 Å². The predicted octanol–water partition coefficient (Wildman–Crippen LogP) is 6.75. The minimum Gasteiger partial charge on any atom is -0.399 e. The minimum absolute atomic E-state index is 0.144. The number of aryl methyl sites for hydroxylation is 1. The van der Waals surface area contributed by atoms with E-state index in [-0.39, 0.29) is 23.7 Å². The molecule has 3 aliphatic rings. The van der Waals surface area contributed by atoms with Crippen molar-refractivity contribution < 1.29 is 9.31 Å². The lowest BCUT2D eigenvalue weighted by Crippen LogP contribution is -2.41. The Morgan fingerprint density at radius 3 is 2.14 bits per heavy atom. The smallest absolute Gasteiger partial charge is 0.399 e. The first-order valence-electron chi connectivity index (χ1n) is 12.8. The zero-order valence-corrected chi connectivity index (χ0v) is 21.7. The third-order valence-electron chi connectivity index (χ3n) is 8.59. The van der Waals surface area contributed by atoms with Gasteiger partial charge in [-0.2, -0.15) is 0 Å². The van der Waals surface area contributed by atoms with Gasteiger partial charge in [0.15, 0.2) is 0 Å². The van der Waals surface area contributed by atoms with Crippen LogP contribution in [0, 0.1) is 0 Å². The molecule has 3 aromatic rings. The molecule has 0 N–H and O–H groups in total. The molecule has 3 nitrogen and oxygen atoms in total. The normalized spacial score (nSPS) is 21.1. The fourth-order valence-electron chi connectivity index (χ4n) is 5.75. The highest BCUT2D eigenvalue weighted by atomic mass is 16.7. The average Bonchev–Trinajstić information content (AvgIpc) is 3.06. The Hall–Kier alpha value is -2.82. The van der Waals surface area contributed by atoms with Crippen LogP contribution in [0.1, 0.15) is 70.2 Å². The maximum absolute atomic E-state index is 6.41. The molecule has 3 aromatic carbocycles. The Morgan fingerprint density at radius 2 is 1.37 bits per heavy atom. The number of rotatable bonds is 2. The molecule has 4 heteroatoms. The molecule has 0 saturated carbocycles. The molecule has 0 unspecified atom stereocenters. The molecule has 178 valence electrons. The van der Waals surface area contributed by atoms with Crippen molar-refractivity contribution in [3.63, 3.8) is 0 Å². The van der Waals surface area contributed by atoms with E-state index in [9.17, 15) is 0 Å². The lowest BCUT2D eigenvalue weighted by Gasteiger charge is -2.43. The van der Waals surface area contributed by atoms with Gasteiger partial charge in [-0.15, -0.1) is 0 Å². The highest BCUT2D eigenvalue weighted by Crippen LogP contribution is 2.51. The second-order valence-corrected chi connectivity index (χ2v) is 11.7. The number of fused-ring (bicyclic) bond motifs is 3. The maximum atomic E-state index is 6.41. The number of hydrogen-bond donors (Lipinski definition) is 0. The monoisotopic (exact) mass is 463 g/mol. The van der Waals surface area contributed by atoms with E-state index >= 15 is 0 Å². The molecule has 0 spiro atoms. The summed E-state index contributed by atoms with van der Waals surface area (Å²) in [6, 6.07) is 24.4. The van der Waals surface area contributed by atoms with Gasteiger partial charge >= 0.3 is 7.12 Å². The number of nitrogens with zero attached hydrogens (tertiary/aromatic N) is 1. The van der Waals surface area contributed by atoms with E-state index in [1.165, 1.54) is 39.3 Å². The van der Waals surface area contributed by atoms with E-state index in [1.807, 2.05) is 0 Å². The van der Waals surface area contributed by atoms with Crippen molar-refractivity contribution in [2.24, 2.45) is 0 Å². The number of allylic oxidation sites excluding steroid dienone is 1. The van der Waals surface area contributed by atoms with Gasteiger partial charge in [0.05, 0.1) is 11.2 Å². The molecule has 1 aliphatic carbocycles. The second kappa shape index (κ2) is 7.59. The third kappa shape index (κ3) is 3.42. The first-order chi connectivity index (χ1) is 16.6. The van der Waals surface area contributed by atoms with Crippen LogP contribution >= 0.6 is 0 Å². The van der Waals surface area contributed by atoms with Crippen LogP contribution in [0.4, 0.5) is 11.4 Å². The van der Waals surface area contributed by atoms with E-state index in [4.69, 9.17) is 9.31 Å². The SMILES string of the molecule is CC1(C)c2ccccc2N(C2=Cc3ccccc3CC2)c2ccc(B3OC(C)(C)C(C)(C)O3)cc21. The molecule has 0 bridgehead atoms. The Labute approximate surface area is 209 Å². The van der Waals surface area contributed by atoms with Crippen LogP contribution in [0.15, 0.2) is 72.4 Å². The van der Waals surface area contributed by atoms with Crippen LogP contribution in [0.3, 0.4) is 0 Å². The van der Waals surface area contributed by atoms with Crippen LogP contribution in [0.2, 0.25) is 0 Å². The van der Waals surface area contributed by atoms with Crippen molar-refractivity contribution in [3.05, 3.63) is 94.7 Å². The van der Waals surface area contributed by atoms with Gasteiger partial charge in [0.2, 0.25) is 0 Å².